The van der Waals surface area contributed by atoms with Gasteiger partial charge >= 0.3 is 0 Å². The summed E-state index contributed by atoms with van der Waals surface area (Å²) >= 11 is 6.22. The fourth-order valence-corrected chi connectivity index (χ4v) is 3.26. The van der Waals surface area contributed by atoms with Gasteiger partial charge in [0, 0.05) is 22.7 Å². The van der Waals surface area contributed by atoms with Gasteiger partial charge in [-0.1, -0.05) is 17.7 Å². The summed E-state index contributed by atoms with van der Waals surface area (Å²) in [5, 5.41) is 11.1. The van der Waals surface area contributed by atoms with Crippen LogP contribution in [0.3, 0.4) is 0 Å². The Labute approximate surface area is 130 Å². The van der Waals surface area contributed by atoms with Crippen LogP contribution >= 0.6 is 11.6 Å². The molecule has 0 aliphatic carbocycles. The number of hydrogen-bond acceptors (Lipinski definition) is 2. The third kappa shape index (κ3) is 1.97. The fraction of sp³-hybridized carbons (Fsp3) is 0.125. The molecule has 0 spiro atoms. The Morgan fingerprint density at radius 1 is 1.23 bits per heavy atom. The van der Waals surface area contributed by atoms with Crippen LogP contribution in [0.2, 0.25) is 5.02 Å². The smallest absolute Gasteiger partial charge is 0.225 e. The van der Waals surface area contributed by atoms with Gasteiger partial charge in [0.25, 0.3) is 0 Å². The maximum Gasteiger partial charge on any atom is 0.225 e. The molecular weight excluding hydrogens is 305 g/mol. The molecule has 1 aliphatic rings. The normalized spacial score (nSPS) is 17.4. The number of carbonyl (C=O) groups is 1. The lowest BCUT2D eigenvalue weighted by molar-refractivity contribution is -0.116. The largest absolute Gasteiger partial charge is 0.325 e. The quantitative estimate of drug-likeness (QED) is 0.717. The Bertz CT molecular complexity index is 906. The summed E-state index contributed by atoms with van der Waals surface area (Å²) in [6.45, 7) is 0. The van der Waals surface area contributed by atoms with Gasteiger partial charge < -0.3 is 5.32 Å². The van der Waals surface area contributed by atoms with Gasteiger partial charge in [0.2, 0.25) is 5.91 Å². The minimum atomic E-state index is -0.365. The van der Waals surface area contributed by atoms with E-state index < -0.39 is 0 Å². The molecule has 2 aromatic carbocycles. The van der Waals surface area contributed by atoms with E-state index in [1.807, 2.05) is 12.1 Å². The first kappa shape index (κ1) is 13.3. The molecule has 1 atom stereocenters. The van der Waals surface area contributed by atoms with Crippen molar-refractivity contribution < 1.29 is 9.18 Å². The molecule has 1 aliphatic heterocycles. The molecule has 22 heavy (non-hydrogen) atoms. The Hall–Kier alpha value is -2.40. The van der Waals surface area contributed by atoms with Crippen LogP contribution in [0.4, 0.5) is 10.1 Å². The highest BCUT2D eigenvalue weighted by atomic mass is 35.5. The van der Waals surface area contributed by atoms with Gasteiger partial charge in [-0.2, -0.15) is 5.10 Å². The molecule has 1 amide bonds. The second-order valence-corrected chi connectivity index (χ2v) is 5.74. The van der Waals surface area contributed by atoms with Crippen molar-refractivity contribution in [1.29, 1.82) is 0 Å². The number of aromatic nitrogens is 2. The Morgan fingerprint density at radius 2 is 2.09 bits per heavy atom. The van der Waals surface area contributed by atoms with E-state index in [-0.39, 0.29) is 24.1 Å². The van der Waals surface area contributed by atoms with E-state index in [0.29, 0.717) is 16.3 Å². The monoisotopic (exact) mass is 315 g/mol. The maximum atomic E-state index is 13.6. The van der Waals surface area contributed by atoms with Gasteiger partial charge in [-0.3, -0.25) is 9.89 Å². The molecular formula is C16H11ClFN3O. The molecule has 110 valence electrons. The zero-order valence-corrected chi connectivity index (χ0v) is 12.1. The van der Waals surface area contributed by atoms with E-state index in [9.17, 15) is 9.18 Å². The van der Waals surface area contributed by atoms with Crippen molar-refractivity contribution in [2.45, 2.75) is 12.3 Å². The molecule has 2 N–H and O–H groups in total. The number of nitrogens with one attached hydrogen (secondary N) is 2. The molecule has 0 bridgehead atoms. The summed E-state index contributed by atoms with van der Waals surface area (Å²) in [6.07, 6.45) is 1.91. The average molecular weight is 316 g/mol. The molecule has 2 heterocycles. The van der Waals surface area contributed by atoms with Gasteiger partial charge in [-0.15, -0.1) is 0 Å². The predicted molar refractivity (Wildman–Crippen MR) is 82.6 cm³/mol. The minimum absolute atomic E-state index is 0.119. The molecule has 1 aromatic heterocycles. The first-order chi connectivity index (χ1) is 10.6. The molecule has 0 fully saturated rings. The van der Waals surface area contributed by atoms with Crippen LogP contribution in [0.15, 0.2) is 36.5 Å². The fourth-order valence-electron chi connectivity index (χ4n) is 3.01. The number of rotatable bonds is 1. The zero-order chi connectivity index (χ0) is 15.3. The molecule has 6 heteroatoms. The van der Waals surface area contributed by atoms with E-state index >= 15 is 0 Å². The third-order valence-corrected chi connectivity index (χ3v) is 4.36. The summed E-state index contributed by atoms with van der Waals surface area (Å²) in [5.41, 5.74) is 3.10. The minimum Gasteiger partial charge on any atom is -0.325 e. The number of H-pyrrole nitrogens is 1. The van der Waals surface area contributed by atoms with Gasteiger partial charge in [-0.25, -0.2) is 4.39 Å². The van der Waals surface area contributed by atoms with Crippen LogP contribution in [-0.2, 0) is 4.79 Å². The number of carbonyl (C=O) groups excluding carboxylic acids is 1. The van der Waals surface area contributed by atoms with Crippen LogP contribution in [0, 0.1) is 5.82 Å². The van der Waals surface area contributed by atoms with Crippen LogP contribution in [0.1, 0.15) is 23.5 Å². The molecule has 0 radical (unpaired) electrons. The topological polar surface area (TPSA) is 57.8 Å². The van der Waals surface area contributed by atoms with Crippen molar-refractivity contribution in [1.82, 2.24) is 10.2 Å². The van der Waals surface area contributed by atoms with Gasteiger partial charge in [0.1, 0.15) is 5.82 Å². The summed E-state index contributed by atoms with van der Waals surface area (Å²) in [6, 6.07) is 8.05. The SMILES string of the molecule is O=C1CC(c2cc(F)ccc2Cl)c2ccc3[nH]ncc3c2N1. The zero-order valence-electron chi connectivity index (χ0n) is 11.4. The Balaban J connectivity index is 1.96. The number of amides is 1. The lowest BCUT2D eigenvalue weighted by Gasteiger charge is -2.27. The van der Waals surface area contributed by atoms with E-state index in [0.717, 1.165) is 16.5 Å². The third-order valence-electron chi connectivity index (χ3n) is 4.02. The van der Waals surface area contributed by atoms with Crippen molar-refractivity contribution in [2.75, 3.05) is 5.32 Å². The predicted octanol–water partition coefficient (Wildman–Crippen LogP) is 3.83. The van der Waals surface area contributed by atoms with Gasteiger partial charge in [0.15, 0.2) is 0 Å². The summed E-state index contributed by atoms with van der Waals surface area (Å²) < 4.78 is 13.6. The Morgan fingerprint density at radius 3 is 2.95 bits per heavy atom. The number of nitrogens with zero attached hydrogens (tertiary/aromatic N) is 1. The molecule has 4 nitrogen and oxygen atoms in total. The number of fused-ring (bicyclic) bond motifs is 3. The first-order valence-electron chi connectivity index (χ1n) is 6.84. The summed E-state index contributed by atoms with van der Waals surface area (Å²) in [5.74, 6) is -0.755. The summed E-state index contributed by atoms with van der Waals surface area (Å²) in [4.78, 5) is 12.1. The molecule has 0 saturated carbocycles. The van der Waals surface area contributed by atoms with Crippen LogP contribution in [0.5, 0.6) is 0 Å². The highest BCUT2D eigenvalue weighted by molar-refractivity contribution is 6.31. The van der Waals surface area contributed by atoms with Crippen molar-refractivity contribution in [3.05, 3.63) is 58.5 Å². The molecule has 4 rings (SSSR count). The average Bonchev–Trinajstić information content (AvgIpc) is 2.98. The van der Waals surface area contributed by atoms with Crippen molar-refractivity contribution in [3.63, 3.8) is 0 Å². The lowest BCUT2D eigenvalue weighted by Crippen LogP contribution is -2.23. The van der Waals surface area contributed by atoms with Crippen molar-refractivity contribution >= 4 is 34.1 Å². The van der Waals surface area contributed by atoms with Crippen LogP contribution in [-0.4, -0.2) is 16.1 Å². The number of anilines is 1. The number of aromatic amines is 1. The lowest BCUT2D eigenvalue weighted by atomic mass is 9.84. The molecule has 0 saturated heterocycles. The number of benzene rings is 2. The van der Waals surface area contributed by atoms with Crippen molar-refractivity contribution in [2.24, 2.45) is 0 Å². The Kier molecular flexibility index (Phi) is 2.90. The second kappa shape index (κ2) is 4.81. The van der Waals surface area contributed by atoms with E-state index in [2.05, 4.69) is 15.5 Å². The van der Waals surface area contributed by atoms with Gasteiger partial charge in [0.05, 0.1) is 17.4 Å². The number of halogens is 2. The second-order valence-electron chi connectivity index (χ2n) is 5.33. The summed E-state index contributed by atoms with van der Waals surface area (Å²) in [7, 11) is 0. The van der Waals surface area contributed by atoms with E-state index in [4.69, 9.17) is 11.6 Å². The molecule has 3 aromatic rings. The van der Waals surface area contributed by atoms with E-state index in [1.54, 1.807) is 6.20 Å². The van der Waals surface area contributed by atoms with E-state index in [1.165, 1.54) is 18.2 Å². The highest BCUT2D eigenvalue weighted by Crippen LogP contribution is 2.42. The number of hydrogen-bond donors (Lipinski definition) is 2. The van der Waals surface area contributed by atoms with Gasteiger partial charge in [-0.05, 0) is 35.4 Å². The standard InChI is InChI=1S/C16H11ClFN3O/c17-13-3-1-8(18)5-11(13)10-6-15(22)20-16-9(10)2-4-14-12(16)7-19-21-14/h1-5,7,10H,6H2,(H,19,21)(H,20,22). The highest BCUT2D eigenvalue weighted by Gasteiger charge is 2.29. The van der Waals surface area contributed by atoms with Crippen LogP contribution < -0.4 is 5.32 Å². The maximum absolute atomic E-state index is 13.6. The first-order valence-corrected chi connectivity index (χ1v) is 7.22. The van der Waals surface area contributed by atoms with Crippen molar-refractivity contribution in [3.8, 4) is 0 Å². The van der Waals surface area contributed by atoms with Crippen LogP contribution in [0.25, 0.3) is 10.9 Å². The molecule has 1 unspecified atom stereocenters.